The van der Waals surface area contributed by atoms with Crippen molar-refractivity contribution in [2.75, 3.05) is 13.7 Å². The highest BCUT2D eigenvalue weighted by Gasteiger charge is 2.14. The molecule has 0 spiro atoms. The number of carbonyl (C=O) groups is 1. The Hall–Kier alpha value is -2.83. The summed E-state index contributed by atoms with van der Waals surface area (Å²) in [6.45, 7) is 0.0744. The van der Waals surface area contributed by atoms with Gasteiger partial charge in [-0.05, 0) is 35.9 Å². The van der Waals surface area contributed by atoms with Crippen LogP contribution >= 0.6 is 11.6 Å². The van der Waals surface area contributed by atoms with Crippen molar-refractivity contribution in [2.45, 2.75) is 6.10 Å². The van der Waals surface area contributed by atoms with Crippen molar-refractivity contribution >= 4 is 17.5 Å². The van der Waals surface area contributed by atoms with Crippen LogP contribution in [-0.4, -0.2) is 34.9 Å². The first-order valence-electron chi connectivity index (χ1n) is 7.97. The van der Waals surface area contributed by atoms with Gasteiger partial charge in [0, 0.05) is 34.5 Å². The van der Waals surface area contributed by atoms with Crippen LogP contribution in [0.15, 0.2) is 54.9 Å². The van der Waals surface area contributed by atoms with Crippen molar-refractivity contribution in [3.8, 4) is 16.9 Å². The summed E-state index contributed by atoms with van der Waals surface area (Å²) in [4.78, 5) is 12.4. The SMILES string of the molecule is COc1cc(C(=O)NCC(O)c2cccc(Cl)c2)ccc1-c1cn[nH]c1. The van der Waals surface area contributed by atoms with Gasteiger partial charge in [-0.3, -0.25) is 9.89 Å². The number of ether oxygens (including phenoxy) is 1. The van der Waals surface area contributed by atoms with Crippen LogP contribution in [0.2, 0.25) is 5.02 Å². The molecule has 134 valence electrons. The van der Waals surface area contributed by atoms with Crippen LogP contribution in [0.1, 0.15) is 22.0 Å². The van der Waals surface area contributed by atoms with E-state index in [1.54, 1.807) is 62.0 Å². The van der Waals surface area contributed by atoms with Crippen LogP contribution in [-0.2, 0) is 0 Å². The summed E-state index contributed by atoms with van der Waals surface area (Å²) in [5.74, 6) is 0.262. The molecule has 0 saturated heterocycles. The minimum atomic E-state index is -0.843. The topological polar surface area (TPSA) is 87.2 Å². The summed E-state index contributed by atoms with van der Waals surface area (Å²) in [7, 11) is 1.55. The number of aliphatic hydroxyl groups is 1. The van der Waals surface area contributed by atoms with Crippen molar-refractivity contribution in [1.82, 2.24) is 15.5 Å². The van der Waals surface area contributed by atoms with Crippen molar-refractivity contribution in [3.63, 3.8) is 0 Å². The van der Waals surface area contributed by atoms with Gasteiger partial charge in [0.2, 0.25) is 0 Å². The van der Waals surface area contributed by atoms with Crippen molar-refractivity contribution in [3.05, 3.63) is 71.0 Å². The Morgan fingerprint density at radius 3 is 2.88 bits per heavy atom. The molecule has 1 atom stereocenters. The number of aromatic amines is 1. The van der Waals surface area contributed by atoms with Crippen LogP contribution in [0.4, 0.5) is 0 Å². The Kier molecular flexibility index (Phi) is 5.55. The number of carbonyl (C=O) groups excluding carboxylic acids is 1. The Balaban J connectivity index is 1.70. The fraction of sp³-hybridized carbons (Fsp3) is 0.158. The van der Waals surface area contributed by atoms with Gasteiger partial charge in [-0.25, -0.2) is 0 Å². The minimum Gasteiger partial charge on any atom is -0.496 e. The van der Waals surface area contributed by atoms with E-state index < -0.39 is 6.10 Å². The van der Waals surface area contributed by atoms with Crippen molar-refractivity contribution in [2.24, 2.45) is 0 Å². The summed E-state index contributed by atoms with van der Waals surface area (Å²) >= 11 is 5.92. The lowest BCUT2D eigenvalue weighted by atomic mass is 10.0. The molecule has 2 aromatic carbocycles. The summed E-state index contributed by atoms with van der Waals surface area (Å²) < 4.78 is 5.38. The molecule has 6 nitrogen and oxygen atoms in total. The van der Waals surface area contributed by atoms with E-state index >= 15 is 0 Å². The molecule has 0 aliphatic carbocycles. The number of aliphatic hydroxyl groups excluding tert-OH is 1. The zero-order valence-corrected chi connectivity index (χ0v) is 14.8. The molecule has 0 aliphatic heterocycles. The van der Waals surface area contributed by atoms with Gasteiger partial charge >= 0.3 is 0 Å². The lowest BCUT2D eigenvalue weighted by Gasteiger charge is -2.14. The molecule has 3 aromatic rings. The van der Waals surface area contributed by atoms with E-state index in [1.165, 1.54) is 0 Å². The maximum atomic E-state index is 12.4. The Bertz CT molecular complexity index is 897. The number of halogens is 1. The summed E-state index contributed by atoms with van der Waals surface area (Å²) in [5, 5.41) is 20.1. The van der Waals surface area contributed by atoms with Gasteiger partial charge in [0.05, 0.1) is 19.4 Å². The van der Waals surface area contributed by atoms with Gasteiger partial charge in [-0.15, -0.1) is 0 Å². The maximum Gasteiger partial charge on any atom is 0.251 e. The number of amides is 1. The lowest BCUT2D eigenvalue weighted by Crippen LogP contribution is -2.28. The zero-order chi connectivity index (χ0) is 18.5. The molecule has 1 heterocycles. The standard InChI is InChI=1S/C19H18ClN3O3/c1-26-18-8-13(5-6-16(18)14-9-22-23-10-14)19(25)21-11-17(24)12-3-2-4-15(20)7-12/h2-10,17,24H,11H2,1H3,(H,21,25)(H,22,23). The normalized spacial score (nSPS) is 11.8. The van der Waals surface area contributed by atoms with E-state index in [0.717, 1.165) is 11.1 Å². The van der Waals surface area contributed by atoms with Crippen LogP contribution in [0.5, 0.6) is 5.75 Å². The third-order valence-electron chi connectivity index (χ3n) is 3.96. The summed E-state index contributed by atoms with van der Waals surface area (Å²) in [6.07, 6.45) is 2.59. The molecule has 0 aliphatic rings. The monoisotopic (exact) mass is 371 g/mol. The highest BCUT2D eigenvalue weighted by molar-refractivity contribution is 6.30. The van der Waals surface area contributed by atoms with Gasteiger partial charge in [0.1, 0.15) is 5.75 Å². The van der Waals surface area contributed by atoms with E-state index in [9.17, 15) is 9.90 Å². The molecular formula is C19H18ClN3O3. The Labute approximate surface area is 155 Å². The molecule has 26 heavy (non-hydrogen) atoms. The van der Waals surface area contributed by atoms with E-state index in [0.29, 0.717) is 21.9 Å². The molecule has 0 saturated carbocycles. The zero-order valence-electron chi connectivity index (χ0n) is 14.1. The number of nitrogens with one attached hydrogen (secondary N) is 2. The average molecular weight is 372 g/mol. The second kappa shape index (κ2) is 8.03. The molecule has 3 N–H and O–H groups in total. The van der Waals surface area contributed by atoms with Crippen molar-refractivity contribution < 1.29 is 14.6 Å². The summed E-state index contributed by atoms with van der Waals surface area (Å²) in [6, 6.07) is 12.1. The van der Waals surface area contributed by atoms with E-state index in [1.807, 2.05) is 0 Å². The maximum absolute atomic E-state index is 12.4. The van der Waals surface area contributed by atoms with Crippen LogP contribution < -0.4 is 10.1 Å². The number of H-pyrrole nitrogens is 1. The van der Waals surface area contributed by atoms with E-state index in [2.05, 4.69) is 15.5 Å². The van der Waals surface area contributed by atoms with E-state index in [-0.39, 0.29) is 12.5 Å². The van der Waals surface area contributed by atoms with Gasteiger partial charge in [-0.2, -0.15) is 5.10 Å². The predicted molar refractivity (Wildman–Crippen MR) is 99.3 cm³/mol. The fourth-order valence-corrected chi connectivity index (χ4v) is 2.79. The number of hydrogen-bond acceptors (Lipinski definition) is 4. The molecule has 1 unspecified atom stereocenters. The molecule has 1 amide bonds. The molecule has 1 aromatic heterocycles. The average Bonchev–Trinajstić information content (AvgIpc) is 3.19. The number of rotatable bonds is 6. The Morgan fingerprint density at radius 2 is 2.19 bits per heavy atom. The van der Waals surface area contributed by atoms with Gasteiger partial charge < -0.3 is 15.2 Å². The fourth-order valence-electron chi connectivity index (χ4n) is 2.59. The molecule has 3 rings (SSSR count). The Morgan fingerprint density at radius 1 is 1.35 bits per heavy atom. The second-order valence-corrected chi connectivity index (χ2v) is 6.12. The van der Waals surface area contributed by atoms with Gasteiger partial charge in [-0.1, -0.05) is 23.7 Å². The number of hydrogen-bond donors (Lipinski definition) is 3. The quantitative estimate of drug-likeness (QED) is 0.621. The first-order chi connectivity index (χ1) is 12.6. The first-order valence-corrected chi connectivity index (χ1v) is 8.35. The first kappa shape index (κ1) is 18.0. The number of benzene rings is 2. The lowest BCUT2D eigenvalue weighted by molar-refractivity contribution is 0.0916. The smallest absolute Gasteiger partial charge is 0.251 e. The molecule has 7 heteroatoms. The highest BCUT2D eigenvalue weighted by Crippen LogP contribution is 2.30. The molecule has 0 bridgehead atoms. The van der Waals surface area contributed by atoms with Gasteiger partial charge in [0.25, 0.3) is 5.91 Å². The van der Waals surface area contributed by atoms with E-state index in [4.69, 9.17) is 16.3 Å². The van der Waals surface area contributed by atoms with Crippen LogP contribution in [0.25, 0.3) is 11.1 Å². The third kappa shape index (κ3) is 4.04. The van der Waals surface area contributed by atoms with Gasteiger partial charge in [0.15, 0.2) is 0 Å². The summed E-state index contributed by atoms with van der Waals surface area (Å²) in [5.41, 5.74) is 2.78. The molecule has 0 radical (unpaired) electrons. The van der Waals surface area contributed by atoms with Crippen LogP contribution in [0, 0.1) is 0 Å². The second-order valence-electron chi connectivity index (χ2n) is 5.68. The molecule has 0 fully saturated rings. The largest absolute Gasteiger partial charge is 0.496 e. The number of nitrogens with zero attached hydrogens (tertiary/aromatic N) is 1. The predicted octanol–water partition coefficient (Wildman–Crippen LogP) is 3.20. The number of methoxy groups -OCH3 is 1. The minimum absolute atomic E-state index is 0.0744. The highest BCUT2D eigenvalue weighted by atomic mass is 35.5. The molecular weight excluding hydrogens is 354 g/mol. The van der Waals surface area contributed by atoms with Crippen LogP contribution in [0.3, 0.4) is 0 Å². The third-order valence-corrected chi connectivity index (χ3v) is 4.20. The number of aromatic nitrogens is 2. The van der Waals surface area contributed by atoms with Crippen molar-refractivity contribution in [1.29, 1.82) is 0 Å².